The summed E-state index contributed by atoms with van der Waals surface area (Å²) < 4.78 is 0. The first kappa shape index (κ1) is 12.3. The Morgan fingerprint density at radius 1 is 1.18 bits per heavy atom. The van der Waals surface area contributed by atoms with Crippen LogP contribution in [0.15, 0.2) is 24.3 Å². The molecule has 2 rings (SSSR count). The quantitative estimate of drug-likeness (QED) is 0.706. The fourth-order valence-corrected chi connectivity index (χ4v) is 3.02. The first-order valence-corrected chi connectivity index (χ1v) is 6.86. The maximum Gasteiger partial charge on any atom is 0.150 e. The second-order valence-electron chi connectivity index (χ2n) is 5.37. The van der Waals surface area contributed by atoms with Gasteiger partial charge in [0, 0.05) is 5.56 Å². The normalized spacial score (nSPS) is 24.5. The Hall–Kier alpha value is -1.11. The summed E-state index contributed by atoms with van der Waals surface area (Å²) >= 11 is 0. The molecule has 1 aromatic carbocycles. The van der Waals surface area contributed by atoms with E-state index in [-0.39, 0.29) is 0 Å². The molecule has 0 heterocycles. The van der Waals surface area contributed by atoms with E-state index >= 15 is 0 Å². The molecule has 0 N–H and O–H groups in total. The van der Waals surface area contributed by atoms with Crippen LogP contribution in [0.3, 0.4) is 0 Å². The molecule has 17 heavy (non-hydrogen) atoms. The van der Waals surface area contributed by atoms with Crippen LogP contribution in [0.5, 0.6) is 0 Å². The SMILES string of the molecule is CCC1CCCC(Cc2ccc(C=O)cc2)C1. The highest BCUT2D eigenvalue weighted by molar-refractivity contribution is 5.74. The van der Waals surface area contributed by atoms with Crippen molar-refractivity contribution in [1.29, 1.82) is 0 Å². The maximum atomic E-state index is 10.6. The van der Waals surface area contributed by atoms with Gasteiger partial charge in [0.15, 0.2) is 0 Å². The maximum absolute atomic E-state index is 10.6. The van der Waals surface area contributed by atoms with E-state index < -0.39 is 0 Å². The topological polar surface area (TPSA) is 17.1 Å². The molecule has 1 heteroatoms. The Kier molecular flexibility index (Phi) is 4.36. The van der Waals surface area contributed by atoms with Crippen molar-refractivity contribution in [1.82, 2.24) is 0 Å². The summed E-state index contributed by atoms with van der Waals surface area (Å²) in [5, 5.41) is 0. The average Bonchev–Trinajstić information content (AvgIpc) is 2.40. The second-order valence-corrected chi connectivity index (χ2v) is 5.37. The summed E-state index contributed by atoms with van der Waals surface area (Å²) in [5.41, 5.74) is 2.17. The third-order valence-corrected chi connectivity index (χ3v) is 4.11. The average molecular weight is 230 g/mol. The van der Waals surface area contributed by atoms with Gasteiger partial charge in [0.25, 0.3) is 0 Å². The minimum absolute atomic E-state index is 0.781. The molecule has 1 saturated carbocycles. The molecule has 1 nitrogen and oxygen atoms in total. The third-order valence-electron chi connectivity index (χ3n) is 4.11. The number of aldehydes is 1. The smallest absolute Gasteiger partial charge is 0.150 e. The van der Waals surface area contributed by atoms with Gasteiger partial charge >= 0.3 is 0 Å². The minimum atomic E-state index is 0.781. The Bertz CT molecular complexity index is 352. The van der Waals surface area contributed by atoms with Crippen molar-refractivity contribution in [3.63, 3.8) is 0 Å². The lowest BCUT2D eigenvalue weighted by molar-refractivity contribution is 0.112. The van der Waals surface area contributed by atoms with Crippen LogP contribution >= 0.6 is 0 Å². The first-order chi connectivity index (χ1) is 8.31. The number of rotatable bonds is 4. The molecule has 0 amide bonds. The van der Waals surface area contributed by atoms with Crippen LogP contribution < -0.4 is 0 Å². The molecule has 1 fully saturated rings. The van der Waals surface area contributed by atoms with Gasteiger partial charge in [-0.05, 0) is 30.2 Å². The van der Waals surface area contributed by atoms with Crippen molar-refractivity contribution in [2.24, 2.45) is 11.8 Å². The molecule has 2 atom stereocenters. The Morgan fingerprint density at radius 3 is 2.53 bits per heavy atom. The van der Waals surface area contributed by atoms with Crippen molar-refractivity contribution in [2.45, 2.75) is 45.4 Å². The second kappa shape index (κ2) is 6.00. The summed E-state index contributed by atoms with van der Waals surface area (Å²) in [4.78, 5) is 10.6. The van der Waals surface area contributed by atoms with Crippen molar-refractivity contribution in [2.75, 3.05) is 0 Å². The van der Waals surface area contributed by atoms with Crippen molar-refractivity contribution >= 4 is 6.29 Å². The molecule has 0 saturated heterocycles. The van der Waals surface area contributed by atoms with Gasteiger partial charge in [-0.15, -0.1) is 0 Å². The summed E-state index contributed by atoms with van der Waals surface area (Å²) in [6.45, 7) is 2.31. The van der Waals surface area contributed by atoms with Gasteiger partial charge in [-0.1, -0.05) is 56.9 Å². The first-order valence-electron chi connectivity index (χ1n) is 6.86. The van der Waals surface area contributed by atoms with Crippen LogP contribution in [0.2, 0.25) is 0 Å². The minimum Gasteiger partial charge on any atom is -0.298 e. The number of hydrogen-bond acceptors (Lipinski definition) is 1. The van der Waals surface area contributed by atoms with Gasteiger partial charge in [0.05, 0.1) is 0 Å². The van der Waals surface area contributed by atoms with E-state index in [1.807, 2.05) is 12.1 Å². The molecule has 2 unspecified atom stereocenters. The van der Waals surface area contributed by atoms with Gasteiger partial charge in [-0.3, -0.25) is 4.79 Å². The summed E-state index contributed by atoms with van der Waals surface area (Å²) in [6, 6.07) is 8.09. The van der Waals surface area contributed by atoms with Crippen LogP contribution in [0.1, 0.15) is 54.9 Å². The van der Waals surface area contributed by atoms with Gasteiger partial charge in [-0.2, -0.15) is 0 Å². The summed E-state index contributed by atoms with van der Waals surface area (Å²) in [7, 11) is 0. The highest BCUT2D eigenvalue weighted by atomic mass is 16.1. The van der Waals surface area contributed by atoms with E-state index in [0.717, 1.165) is 23.7 Å². The Morgan fingerprint density at radius 2 is 1.88 bits per heavy atom. The van der Waals surface area contributed by atoms with Gasteiger partial charge in [0.1, 0.15) is 6.29 Å². The molecule has 1 aliphatic carbocycles. The predicted molar refractivity (Wildman–Crippen MR) is 71.3 cm³/mol. The van der Waals surface area contributed by atoms with Gasteiger partial charge in [-0.25, -0.2) is 0 Å². The molecule has 0 aromatic heterocycles. The third kappa shape index (κ3) is 3.42. The van der Waals surface area contributed by atoms with Crippen molar-refractivity contribution in [3.8, 4) is 0 Å². The lowest BCUT2D eigenvalue weighted by Gasteiger charge is -2.28. The highest BCUT2D eigenvalue weighted by Crippen LogP contribution is 2.32. The number of carbonyl (C=O) groups excluding carboxylic acids is 1. The molecular formula is C16H22O. The van der Waals surface area contributed by atoms with E-state index in [1.165, 1.54) is 44.1 Å². The lowest BCUT2D eigenvalue weighted by Crippen LogP contribution is -2.16. The predicted octanol–water partition coefficient (Wildman–Crippen LogP) is 4.26. The number of benzene rings is 1. The van der Waals surface area contributed by atoms with Crippen LogP contribution in [-0.2, 0) is 6.42 Å². The zero-order valence-electron chi connectivity index (χ0n) is 10.7. The van der Waals surface area contributed by atoms with E-state index in [1.54, 1.807) is 0 Å². The van der Waals surface area contributed by atoms with Crippen molar-refractivity contribution < 1.29 is 4.79 Å². The summed E-state index contributed by atoms with van der Waals surface area (Å²) in [6.07, 6.45) is 9.04. The zero-order valence-corrected chi connectivity index (χ0v) is 10.7. The molecular weight excluding hydrogens is 208 g/mol. The standard InChI is InChI=1S/C16H22O/c1-2-13-4-3-5-16(10-13)11-14-6-8-15(12-17)9-7-14/h6-9,12-13,16H,2-5,10-11H2,1H3. The molecule has 92 valence electrons. The molecule has 0 radical (unpaired) electrons. The molecule has 1 aromatic rings. The van der Waals surface area contributed by atoms with E-state index in [4.69, 9.17) is 0 Å². The number of carbonyl (C=O) groups is 1. The van der Waals surface area contributed by atoms with Crippen LogP contribution in [0.4, 0.5) is 0 Å². The van der Waals surface area contributed by atoms with E-state index in [2.05, 4.69) is 19.1 Å². The van der Waals surface area contributed by atoms with Crippen LogP contribution in [0, 0.1) is 11.8 Å². The van der Waals surface area contributed by atoms with Crippen molar-refractivity contribution in [3.05, 3.63) is 35.4 Å². The Balaban J connectivity index is 1.92. The fraction of sp³-hybridized carbons (Fsp3) is 0.562. The fourth-order valence-electron chi connectivity index (χ4n) is 3.02. The zero-order chi connectivity index (χ0) is 12.1. The monoisotopic (exact) mass is 230 g/mol. The molecule has 1 aliphatic rings. The van der Waals surface area contributed by atoms with Gasteiger partial charge in [0.2, 0.25) is 0 Å². The molecule has 0 spiro atoms. The van der Waals surface area contributed by atoms with Crippen LogP contribution in [-0.4, -0.2) is 6.29 Å². The summed E-state index contributed by atoms with van der Waals surface area (Å²) in [5.74, 6) is 1.80. The largest absolute Gasteiger partial charge is 0.298 e. The van der Waals surface area contributed by atoms with E-state index in [9.17, 15) is 4.79 Å². The van der Waals surface area contributed by atoms with E-state index in [0.29, 0.717) is 0 Å². The highest BCUT2D eigenvalue weighted by Gasteiger charge is 2.20. The van der Waals surface area contributed by atoms with Gasteiger partial charge < -0.3 is 0 Å². The lowest BCUT2D eigenvalue weighted by atomic mass is 9.77. The number of hydrogen-bond donors (Lipinski definition) is 0. The molecule has 0 bridgehead atoms. The van der Waals surface area contributed by atoms with Crippen LogP contribution in [0.25, 0.3) is 0 Å². The Labute approximate surface area is 104 Å². The molecule has 0 aliphatic heterocycles.